The van der Waals surface area contributed by atoms with Crippen LogP contribution in [0.1, 0.15) is 57.2 Å². The monoisotopic (exact) mass is 510 g/mol. The average Bonchev–Trinajstić information content (AvgIpc) is 2.89. The number of aryl methyl sites for hydroxylation is 1. The van der Waals surface area contributed by atoms with E-state index in [4.69, 9.17) is 5.73 Å². The van der Waals surface area contributed by atoms with Crippen molar-refractivity contribution in [3.63, 3.8) is 0 Å². The summed E-state index contributed by atoms with van der Waals surface area (Å²) >= 11 is 0. The maximum atomic E-state index is 13.0. The molecule has 2 aliphatic heterocycles. The van der Waals surface area contributed by atoms with E-state index in [9.17, 15) is 19.2 Å². The minimum absolute atomic E-state index is 0.157. The SMILES string of the molecule is CCc1ccc2c(c1)CC(C=CC(=O)NC(C(=O)NC(C)C(=O)N1CCCC(C(N)=O)N1)C(C)C)N=C2. The van der Waals surface area contributed by atoms with Crippen LogP contribution in [-0.4, -0.2) is 65.6 Å². The number of benzene rings is 1. The molecule has 2 aliphatic rings. The Kier molecular flexibility index (Phi) is 9.57. The largest absolute Gasteiger partial charge is 0.368 e. The van der Waals surface area contributed by atoms with Crippen molar-refractivity contribution in [2.24, 2.45) is 16.6 Å². The quantitative estimate of drug-likeness (QED) is 0.363. The molecule has 10 nitrogen and oxygen atoms in total. The topological polar surface area (TPSA) is 146 Å². The van der Waals surface area contributed by atoms with Crippen molar-refractivity contribution in [2.45, 2.75) is 77.5 Å². The summed E-state index contributed by atoms with van der Waals surface area (Å²) in [6.45, 7) is 7.72. The normalized spacial score (nSPS) is 20.8. The number of rotatable bonds is 9. The summed E-state index contributed by atoms with van der Waals surface area (Å²) in [5.74, 6) is -1.98. The molecule has 0 bridgehead atoms. The number of nitrogens with two attached hydrogens (primary N) is 1. The summed E-state index contributed by atoms with van der Waals surface area (Å²) in [4.78, 5) is 54.4. The highest BCUT2D eigenvalue weighted by atomic mass is 16.2. The number of hydrogen-bond acceptors (Lipinski definition) is 6. The highest BCUT2D eigenvalue weighted by Gasteiger charge is 2.31. The van der Waals surface area contributed by atoms with Crippen LogP contribution < -0.4 is 21.8 Å². The Hall–Kier alpha value is -3.53. The first-order valence-electron chi connectivity index (χ1n) is 12.9. The molecule has 37 heavy (non-hydrogen) atoms. The van der Waals surface area contributed by atoms with Gasteiger partial charge in [-0.1, -0.05) is 45.0 Å². The van der Waals surface area contributed by atoms with Gasteiger partial charge in [0.05, 0.1) is 6.04 Å². The van der Waals surface area contributed by atoms with Gasteiger partial charge in [0.1, 0.15) is 18.1 Å². The first kappa shape index (κ1) is 28.0. The number of aliphatic imine (C=N–C) groups is 1. The van der Waals surface area contributed by atoms with Crippen molar-refractivity contribution >= 4 is 29.8 Å². The van der Waals surface area contributed by atoms with Crippen LogP contribution in [0.5, 0.6) is 0 Å². The Morgan fingerprint density at radius 3 is 2.65 bits per heavy atom. The fourth-order valence-electron chi connectivity index (χ4n) is 4.44. The van der Waals surface area contributed by atoms with E-state index in [0.29, 0.717) is 25.8 Å². The van der Waals surface area contributed by atoms with E-state index in [1.54, 1.807) is 13.0 Å². The fourth-order valence-corrected chi connectivity index (χ4v) is 4.44. The van der Waals surface area contributed by atoms with Crippen LogP contribution in [0.3, 0.4) is 0 Å². The van der Waals surface area contributed by atoms with Crippen LogP contribution in [0.15, 0.2) is 35.3 Å². The second kappa shape index (κ2) is 12.6. The van der Waals surface area contributed by atoms with E-state index >= 15 is 0 Å². The third-order valence-corrected chi connectivity index (χ3v) is 6.69. The van der Waals surface area contributed by atoms with Crippen molar-refractivity contribution in [1.29, 1.82) is 0 Å². The van der Waals surface area contributed by atoms with Crippen molar-refractivity contribution in [3.05, 3.63) is 47.0 Å². The number of hydrazine groups is 1. The molecule has 10 heteroatoms. The molecule has 5 N–H and O–H groups in total. The molecule has 0 spiro atoms. The zero-order chi connectivity index (χ0) is 27.1. The van der Waals surface area contributed by atoms with Crippen molar-refractivity contribution < 1.29 is 19.2 Å². The lowest BCUT2D eigenvalue weighted by Gasteiger charge is -2.34. The van der Waals surface area contributed by atoms with Gasteiger partial charge >= 0.3 is 0 Å². The van der Waals surface area contributed by atoms with Gasteiger partial charge in [-0.3, -0.25) is 29.2 Å². The summed E-state index contributed by atoms with van der Waals surface area (Å²) in [6.07, 6.45) is 7.82. The van der Waals surface area contributed by atoms with Crippen LogP contribution in [0.2, 0.25) is 0 Å². The molecule has 0 aromatic heterocycles. The Balaban J connectivity index is 1.55. The fraction of sp³-hybridized carbons (Fsp3) is 0.519. The Morgan fingerprint density at radius 2 is 1.97 bits per heavy atom. The standard InChI is InChI=1S/C27H38N6O4/c1-5-18-8-9-19-15-29-21(14-20(19)13-18)10-11-23(34)31-24(16(2)3)26(36)30-17(4)27(37)33-12-6-7-22(32-33)25(28)35/h8-11,13,15-17,21-22,24,32H,5-7,12,14H2,1-4H3,(H2,28,35)(H,30,36)(H,31,34). The number of fused-ring (bicyclic) bond motifs is 1. The first-order valence-corrected chi connectivity index (χ1v) is 12.9. The molecular weight excluding hydrogens is 472 g/mol. The third kappa shape index (κ3) is 7.48. The lowest BCUT2D eigenvalue weighted by molar-refractivity contribution is -0.142. The number of hydrogen-bond donors (Lipinski definition) is 4. The smallest absolute Gasteiger partial charge is 0.258 e. The van der Waals surface area contributed by atoms with Gasteiger partial charge in [0.15, 0.2) is 0 Å². The summed E-state index contributed by atoms with van der Waals surface area (Å²) in [5, 5.41) is 6.76. The number of carbonyl (C=O) groups is 4. The van der Waals surface area contributed by atoms with Crippen LogP contribution in [0.25, 0.3) is 0 Å². The van der Waals surface area contributed by atoms with E-state index in [0.717, 1.165) is 12.0 Å². The highest BCUT2D eigenvalue weighted by molar-refractivity contribution is 5.95. The second-order valence-electron chi connectivity index (χ2n) is 9.97. The highest BCUT2D eigenvalue weighted by Crippen LogP contribution is 2.19. The molecule has 1 saturated heterocycles. The minimum atomic E-state index is -0.857. The molecule has 4 unspecified atom stereocenters. The van der Waals surface area contributed by atoms with Gasteiger partial charge in [-0.05, 0) is 55.2 Å². The van der Waals surface area contributed by atoms with E-state index < -0.39 is 35.8 Å². The van der Waals surface area contributed by atoms with E-state index in [-0.39, 0.29) is 17.9 Å². The summed E-state index contributed by atoms with van der Waals surface area (Å²) in [5.41, 5.74) is 11.7. The van der Waals surface area contributed by atoms with Crippen LogP contribution in [0, 0.1) is 5.92 Å². The molecular formula is C27H38N6O4. The Bertz CT molecular complexity index is 1080. The van der Waals surface area contributed by atoms with E-state index in [2.05, 4.69) is 46.2 Å². The molecule has 200 valence electrons. The summed E-state index contributed by atoms with van der Waals surface area (Å²) < 4.78 is 0. The molecule has 0 saturated carbocycles. The maximum Gasteiger partial charge on any atom is 0.258 e. The van der Waals surface area contributed by atoms with Gasteiger partial charge in [-0.25, -0.2) is 5.43 Å². The number of carbonyl (C=O) groups excluding carboxylic acids is 4. The van der Waals surface area contributed by atoms with Crippen LogP contribution >= 0.6 is 0 Å². The predicted molar refractivity (Wildman–Crippen MR) is 141 cm³/mol. The molecule has 1 aromatic rings. The molecule has 1 aromatic carbocycles. The lowest BCUT2D eigenvalue weighted by atomic mass is 9.95. The number of amides is 4. The molecule has 1 fully saturated rings. The second-order valence-corrected chi connectivity index (χ2v) is 9.97. The maximum absolute atomic E-state index is 13.0. The van der Waals surface area contributed by atoms with Gasteiger partial charge in [-0.15, -0.1) is 0 Å². The van der Waals surface area contributed by atoms with Crippen molar-refractivity contribution in [2.75, 3.05) is 6.54 Å². The molecule has 4 amide bonds. The predicted octanol–water partition coefficient (Wildman–Crippen LogP) is 0.775. The first-order chi connectivity index (χ1) is 17.6. The molecule has 3 rings (SSSR count). The Labute approximate surface area is 218 Å². The average molecular weight is 511 g/mol. The number of nitrogens with one attached hydrogen (secondary N) is 3. The molecule has 4 atom stereocenters. The van der Waals surface area contributed by atoms with Gasteiger partial charge in [0.25, 0.3) is 5.91 Å². The summed E-state index contributed by atoms with van der Waals surface area (Å²) in [6, 6.07) is 3.88. The lowest BCUT2D eigenvalue weighted by Crippen LogP contribution is -2.61. The number of primary amides is 1. The Morgan fingerprint density at radius 1 is 1.22 bits per heavy atom. The van der Waals surface area contributed by atoms with Gasteiger partial charge in [0, 0.05) is 18.8 Å². The van der Waals surface area contributed by atoms with E-state index in [1.165, 1.54) is 22.2 Å². The molecule has 2 heterocycles. The van der Waals surface area contributed by atoms with Gasteiger partial charge < -0.3 is 16.4 Å². The molecule has 0 radical (unpaired) electrons. The van der Waals surface area contributed by atoms with Gasteiger partial charge in [0.2, 0.25) is 17.7 Å². The van der Waals surface area contributed by atoms with Crippen LogP contribution in [0.4, 0.5) is 0 Å². The minimum Gasteiger partial charge on any atom is -0.368 e. The number of nitrogens with zero attached hydrogens (tertiary/aromatic N) is 2. The summed E-state index contributed by atoms with van der Waals surface area (Å²) in [7, 11) is 0. The zero-order valence-corrected chi connectivity index (χ0v) is 22.0. The molecule has 0 aliphatic carbocycles. The van der Waals surface area contributed by atoms with Crippen molar-refractivity contribution in [1.82, 2.24) is 21.1 Å². The third-order valence-electron chi connectivity index (χ3n) is 6.69. The van der Waals surface area contributed by atoms with Crippen LogP contribution in [-0.2, 0) is 32.0 Å². The van der Waals surface area contributed by atoms with E-state index in [1.807, 2.05) is 20.1 Å². The zero-order valence-electron chi connectivity index (χ0n) is 22.0. The van der Waals surface area contributed by atoms with Gasteiger partial charge in [-0.2, -0.15) is 0 Å². The van der Waals surface area contributed by atoms with Crippen molar-refractivity contribution in [3.8, 4) is 0 Å².